The van der Waals surface area contributed by atoms with Crippen molar-refractivity contribution in [2.75, 3.05) is 7.11 Å². The van der Waals surface area contributed by atoms with Crippen LogP contribution in [-0.4, -0.2) is 12.1 Å². The number of nitrogens with zero attached hydrogens (tertiary/aromatic N) is 1. The van der Waals surface area contributed by atoms with Gasteiger partial charge in [0.15, 0.2) is 0 Å². The molecule has 2 rings (SSSR count). The fourth-order valence-electron chi connectivity index (χ4n) is 1.67. The summed E-state index contributed by atoms with van der Waals surface area (Å²) in [5.74, 6) is 0.836. The van der Waals surface area contributed by atoms with Gasteiger partial charge in [-0.05, 0) is 36.2 Å². The van der Waals surface area contributed by atoms with E-state index in [4.69, 9.17) is 10.5 Å². The second kappa shape index (κ2) is 4.97. The van der Waals surface area contributed by atoms with Crippen molar-refractivity contribution in [1.82, 2.24) is 4.98 Å². The Kier molecular flexibility index (Phi) is 3.40. The Balaban J connectivity index is 2.23. The third kappa shape index (κ3) is 2.63. The van der Waals surface area contributed by atoms with Crippen molar-refractivity contribution in [3.63, 3.8) is 0 Å². The predicted molar refractivity (Wildman–Crippen MR) is 68.0 cm³/mol. The molecule has 3 nitrogen and oxygen atoms in total. The van der Waals surface area contributed by atoms with E-state index in [0.29, 0.717) is 0 Å². The minimum Gasteiger partial charge on any atom is -0.497 e. The van der Waals surface area contributed by atoms with Crippen LogP contribution in [0.4, 0.5) is 0 Å². The van der Waals surface area contributed by atoms with Crippen LogP contribution in [0.15, 0.2) is 42.6 Å². The van der Waals surface area contributed by atoms with Gasteiger partial charge in [-0.2, -0.15) is 0 Å². The predicted octanol–water partition coefficient (Wildman–Crippen LogP) is 2.45. The van der Waals surface area contributed by atoms with Gasteiger partial charge in [0.1, 0.15) is 5.75 Å². The lowest BCUT2D eigenvalue weighted by atomic mass is 10.0. The van der Waals surface area contributed by atoms with Crippen LogP contribution >= 0.6 is 0 Å². The first kappa shape index (κ1) is 11.6. The fraction of sp³-hybridized carbons (Fsp3) is 0.214. The molecule has 0 saturated heterocycles. The number of ether oxygens (including phenoxy) is 1. The number of benzene rings is 1. The minimum absolute atomic E-state index is 0.144. The van der Waals surface area contributed by atoms with Crippen molar-refractivity contribution in [3.05, 3.63) is 59.4 Å². The van der Waals surface area contributed by atoms with Gasteiger partial charge in [0.25, 0.3) is 0 Å². The van der Waals surface area contributed by atoms with Crippen LogP contribution in [-0.2, 0) is 0 Å². The van der Waals surface area contributed by atoms with Gasteiger partial charge in [0.2, 0.25) is 0 Å². The fourth-order valence-corrected chi connectivity index (χ4v) is 1.67. The number of hydrogen-bond acceptors (Lipinski definition) is 3. The smallest absolute Gasteiger partial charge is 0.118 e. The Morgan fingerprint density at radius 2 is 1.71 bits per heavy atom. The quantitative estimate of drug-likeness (QED) is 0.877. The van der Waals surface area contributed by atoms with Crippen molar-refractivity contribution in [3.8, 4) is 5.75 Å². The lowest BCUT2D eigenvalue weighted by Gasteiger charge is -2.12. The van der Waals surface area contributed by atoms with Crippen LogP contribution in [0.1, 0.15) is 22.9 Å². The Hall–Kier alpha value is -1.87. The molecule has 0 aliphatic carbocycles. The molecule has 0 spiro atoms. The van der Waals surface area contributed by atoms with E-state index in [2.05, 4.69) is 4.98 Å². The van der Waals surface area contributed by atoms with Crippen LogP contribution in [0.3, 0.4) is 0 Å². The Morgan fingerprint density at radius 3 is 2.24 bits per heavy atom. The molecule has 2 N–H and O–H groups in total. The van der Waals surface area contributed by atoms with Crippen LogP contribution in [0, 0.1) is 6.92 Å². The lowest BCUT2D eigenvalue weighted by molar-refractivity contribution is 0.414. The van der Waals surface area contributed by atoms with E-state index in [-0.39, 0.29) is 6.04 Å². The van der Waals surface area contributed by atoms with Gasteiger partial charge >= 0.3 is 0 Å². The normalized spacial score (nSPS) is 12.2. The number of methoxy groups -OCH3 is 1. The molecule has 0 saturated carbocycles. The molecule has 0 bridgehead atoms. The van der Waals surface area contributed by atoms with E-state index in [9.17, 15) is 0 Å². The molecule has 88 valence electrons. The van der Waals surface area contributed by atoms with Gasteiger partial charge in [0.05, 0.1) is 13.2 Å². The third-order valence-electron chi connectivity index (χ3n) is 2.77. The molecule has 1 heterocycles. The zero-order chi connectivity index (χ0) is 12.3. The summed E-state index contributed by atoms with van der Waals surface area (Å²) in [5, 5.41) is 0. The van der Waals surface area contributed by atoms with E-state index in [0.717, 1.165) is 22.6 Å². The van der Waals surface area contributed by atoms with Gasteiger partial charge < -0.3 is 10.5 Å². The summed E-state index contributed by atoms with van der Waals surface area (Å²) >= 11 is 0. The molecule has 1 atom stereocenters. The molecule has 1 aromatic carbocycles. The zero-order valence-electron chi connectivity index (χ0n) is 10.1. The van der Waals surface area contributed by atoms with Gasteiger partial charge in [-0.15, -0.1) is 0 Å². The van der Waals surface area contributed by atoms with E-state index in [1.165, 1.54) is 0 Å². The summed E-state index contributed by atoms with van der Waals surface area (Å²) in [6.07, 6.45) is 1.82. The lowest BCUT2D eigenvalue weighted by Crippen LogP contribution is -2.12. The van der Waals surface area contributed by atoms with Crippen LogP contribution in [0.25, 0.3) is 0 Å². The molecule has 0 radical (unpaired) electrons. The van der Waals surface area contributed by atoms with E-state index < -0.39 is 0 Å². The molecular formula is C14H16N2O. The maximum atomic E-state index is 6.18. The molecule has 3 heteroatoms. The molecule has 1 aromatic heterocycles. The largest absolute Gasteiger partial charge is 0.497 e. The third-order valence-corrected chi connectivity index (χ3v) is 2.77. The minimum atomic E-state index is -0.144. The van der Waals surface area contributed by atoms with Gasteiger partial charge in [-0.1, -0.05) is 18.2 Å². The summed E-state index contributed by atoms with van der Waals surface area (Å²) in [6, 6.07) is 11.6. The Labute approximate surface area is 101 Å². The van der Waals surface area contributed by atoms with Crippen LogP contribution < -0.4 is 10.5 Å². The average molecular weight is 228 g/mol. The van der Waals surface area contributed by atoms with E-state index in [1.54, 1.807) is 7.11 Å². The van der Waals surface area contributed by atoms with Gasteiger partial charge in [0, 0.05) is 11.9 Å². The van der Waals surface area contributed by atoms with Gasteiger partial charge in [-0.3, -0.25) is 4.98 Å². The highest BCUT2D eigenvalue weighted by Gasteiger charge is 2.08. The molecule has 0 aliphatic heterocycles. The van der Waals surface area contributed by atoms with Crippen LogP contribution in [0.5, 0.6) is 5.75 Å². The first-order valence-electron chi connectivity index (χ1n) is 5.53. The highest BCUT2D eigenvalue weighted by Crippen LogP contribution is 2.21. The highest BCUT2D eigenvalue weighted by molar-refractivity contribution is 5.34. The number of aromatic nitrogens is 1. The maximum absolute atomic E-state index is 6.18. The molecule has 0 amide bonds. The second-order valence-corrected chi connectivity index (χ2v) is 3.98. The average Bonchev–Trinajstić information content (AvgIpc) is 2.39. The molecular weight excluding hydrogens is 212 g/mol. The van der Waals surface area contributed by atoms with Crippen molar-refractivity contribution in [2.24, 2.45) is 5.73 Å². The van der Waals surface area contributed by atoms with E-state index in [1.807, 2.05) is 49.5 Å². The number of hydrogen-bond donors (Lipinski definition) is 1. The summed E-state index contributed by atoms with van der Waals surface area (Å²) in [7, 11) is 1.65. The van der Waals surface area contributed by atoms with Crippen molar-refractivity contribution < 1.29 is 4.74 Å². The SMILES string of the molecule is COc1ccc(C(N)c2ccc(C)nc2)cc1. The molecule has 0 fully saturated rings. The molecule has 0 aliphatic rings. The van der Waals surface area contributed by atoms with Gasteiger partial charge in [-0.25, -0.2) is 0 Å². The maximum Gasteiger partial charge on any atom is 0.118 e. The number of nitrogens with two attached hydrogens (primary N) is 1. The summed E-state index contributed by atoms with van der Waals surface area (Å²) in [6.45, 7) is 1.96. The van der Waals surface area contributed by atoms with Crippen LogP contribution in [0.2, 0.25) is 0 Å². The molecule has 2 aromatic rings. The van der Waals surface area contributed by atoms with E-state index >= 15 is 0 Å². The number of aryl methyl sites for hydroxylation is 1. The summed E-state index contributed by atoms with van der Waals surface area (Å²) < 4.78 is 5.12. The van der Waals surface area contributed by atoms with Crippen molar-refractivity contribution in [2.45, 2.75) is 13.0 Å². The second-order valence-electron chi connectivity index (χ2n) is 3.98. The standard InChI is InChI=1S/C14H16N2O/c1-10-3-4-12(9-16-10)14(15)11-5-7-13(17-2)8-6-11/h3-9,14H,15H2,1-2H3. The Bertz CT molecular complexity index is 477. The zero-order valence-corrected chi connectivity index (χ0v) is 10.1. The molecule has 1 unspecified atom stereocenters. The molecule has 17 heavy (non-hydrogen) atoms. The monoisotopic (exact) mass is 228 g/mol. The first-order chi connectivity index (χ1) is 8.20. The number of pyridine rings is 1. The number of rotatable bonds is 3. The van der Waals surface area contributed by atoms with Crippen molar-refractivity contribution >= 4 is 0 Å². The topological polar surface area (TPSA) is 48.1 Å². The summed E-state index contributed by atoms with van der Waals surface area (Å²) in [4.78, 5) is 4.25. The highest BCUT2D eigenvalue weighted by atomic mass is 16.5. The van der Waals surface area contributed by atoms with Crippen molar-refractivity contribution in [1.29, 1.82) is 0 Å². The summed E-state index contributed by atoms with van der Waals surface area (Å²) in [5.41, 5.74) is 9.24. The first-order valence-corrected chi connectivity index (χ1v) is 5.53. The Morgan fingerprint density at radius 1 is 1.06 bits per heavy atom.